The third-order valence-electron chi connectivity index (χ3n) is 4.34. The topological polar surface area (TPSA) is 66.6 Å². The first-order chi connectivity index (χ1) is 10.0. The van der Waals surface area contributed by atoms with Gasteiger partial charge in [0.15, 0.2) is 0 Å². The first kappa shape index (κ1) is 15.8. The van der Waals surface area contributed by atoms with E-state index in [-0.39, 0.29) is 10.6 Å². The smallest absolute Gasteiger partial charge is 0.292 e. The highest BCUT2D eigenvalue weighted by atomic mass is 16.6. The zero-order valence-corrected chi connectivity index (χ0v) is 12.8. The Balaban J connectivity index is 2.42. The van der Waals surface area contributed by atoms with Crippen molar-refractivity contribution in [3.63, 3.8) is 0 Å². The van der Waals surface area contributed by atoms with Gasteiger partial charge in [-0.3, -0.25) is 10.1 Å². The maximum Gasteiger partial charge on any atom is 0.292 e. The van der Waals surface area contributed by atoms with E-state index < -0.39 is 6.10 Å². The van der Waals surface area contributed by atoms with Gasteiger partial charge in [-0.05, 0) is 37.8 Å². The molecule has 2 rings (SSSR count). The Kier molecular flexibility index (Phi) is 5.17. The number of hydrogen-bond acceptors (Lipinski definition) is 4. The SMILES string of the molecule is CCC1CCCCCN1c1ccc(C(C)O)cc1[N+](=O)[O-]. The highest BCUT2D eigenvalue weighted by Gasteiger charge is 2.26. The van der Waals surface area contributed by atoms with Crippen LogP contribution in [0.5, 0.6) is 0 Å². The Hall–Kier alpha value is -1.62. The summed E-state index contributed by atoms with van der Waals surface area (Å²) in [5, 5.41) is 21.1. The van der Waals surface area contributed by atoms with Crippen molar-refractivity contribution in [1.29, 1.82) is 0 Å². The van der Waals surface area contributed by atoms with Crippen molar-refractivity contribution >= 4 is 11.4 Å². The number of rotatable bonds is 4. The Labute approximate surface area is 125 Å². The average Bonchev–Trinajstić information content (AvgIpc) is 2.71. The van der Waals surface area contributed by atoms with Gasteiger partial charge in [-0.1, -0.05) is 25.8 Å². The summed E-state index contributed by atoms with van der Waals surface area (Å²) in [4.78, 5) is 13.3. The van der Waals surface area contributed by atoms with Gasteiger partial charge >= 0.3 is 0 Å². The van der Waals surface area contributed by atoms with Gasteiger partial charge in [0.2, 0.25) is 0 Å². The lowest BCUT2D eigenvalue weighted by atomic mass is 10.0. The van der Waals surface area contributed by atoms with Gasteiger partial charge in [-0.25, -0.2) is 0 Å². The van der Waals surface area contributed by atoms with Gasteiger partial charge < -0.3 is 10.0 Å². The monoisotopic (exact) mass is 292 g/mol. The van der Waals surface area contributed by atoms with Crippen molar-refractivity contribution in [2.75, 3.05) is 11.4 Å². The number of nitrogens with zero attached hydrogens (tertiary/aromatic N) is 2. The predicted molar refractivity (Wildman–Crippen MR) is 83.6 cm³/mol. The van der Waals surface area contributed by atoms with Crippen LogP contribution in [0.3, 0.4) is 0 Å². The van der Waals surface area contributed by atoms with E-state index in [0.29, 0.717) is 17.3 Å². The third-order valence-corrected chi connectivity index (χ3v) is 4.34. The van der Waals surface area contributed by atoms with Crippen LogP contribution in [0.25, 0.3) is 0 Å². The van der Waals surface area contributed by atoms with Crippen LogP contribution in [0.4, 0.5) is 11.4 Å². The van der Waals surface area contributed by atoms with E-state index in [4.69, 9.17) is 0 Å². The summed E-state index contributed by atoms with van der Waals surface area (Å²) >= 11 is 0. The minimum atomic E-state index is -0.691. The molecule has 2 atom stereocenters. The zero-order chi connectivity index (χ0) is 15.4. The summed E-state index contributed by atoms with van der Waals surface area (Å²) < 4.78 is 0. The summed E-state index contributed by atoms with van der Waals surface area (Å²) in [6.45, 7) is 4.63. The summed E-state index contributed by atoms with van der Waals surface area (Å²) in [6.07, 6.45) is 4.84. The molecule has 5 nitrogen and oxygen atoms in total. The van der Waals surface area contributed by atoms with E-state index >= 15 is 0 Å². The third kappa shape index (κ3) is 3.53. The van der Waals surface area contributed by atoms with Crippen LogP contribution in [0.1, 0.15) is 57.6 Å². The van der Waals surface area contributed by atoms with Crippen LogP contribution in [-0.2, 0) is 0 Å². The Bertz CT molecular complexity index is 502. The molecule has 1 N–H and O–H groups in total. The van der Waals surface area contributed by atoms with Crippen LogP contribution in [0.2, 0.25) is 0 Å². The van der Waals surface area contributed by atoms with Gasteiger partial charge in [-0.2, -0.15) is 0 Å². The van der Waals surface area contributed by atoms with Crippen molar-refractivity contribution in [2.45, 2.75) is 58.1 Å². The molecule has 116 valence electrons. The second-order valence-electron chi connectivity index (χ2n) is 5.79. The van der Waals surface area contributed by atoms with Crippen LogP contribution >= 0.6 is 0 Å². The highest BCUT2D eigenvalue weighted by molar-refractivity contribution is 5.65. The lowest BCUT2D eigenvalue weighted by molar-refractivity contribution is -0.384. The molecule has 2 unspecified atom stereocenters. The van der Waals surface area contributed by atoms with E-state index in [1.54, 1.807) is 19.1 Å². The van der Waals surface area contributed by atoms with Gasteiger partial charge in [0.25, 0.3) is 5.69 Å². The van der Waals surface area contributed by atoms with Crippen molar-refractivity contribution < 1.29 is 10.0 Å². The molecule has 0 amide bonds. The number of aliphatic hydroxyl groups excluding tert-OH is 1. The van der Waals surface area contributed by atoms with Crippen molar-refractivity contribution in [1.82, 2.24) is 0 Å². The van der Waals surface area contributed by atoms with Crippen LogP contribution in [0.15, 0.2) is 18.2 Å². The second kappa shape index (κ2) is 6.89. The quantitative estimate of drug-likeness (QED) is 0.677. The summed E-state index contributed by atoms with van der Waals surface area (Å²) in [7, 11) is 0. The average molecular weight is 292 g/mol. The number of hydrogen-bond donors (Lipinski definition) is 1. The summed E-state index contributed by atoms with van der Waals surface area (Å²) in [5.41, 5.74) is 1.39. The fourth-order valence-electron chi connectivity index (χ4n) is 3.11. The number of nitro groups is 1. The lowest BCUT2D eigenvalue weighted by Gasteiger charge is -2.31. The first-order valence-electron chi connectivity index (χ1n) is 7.77. The molecule has 0 bridgehead atoms. The van der Waals surface area contributed by atoms with Crippen LogP contribution in [-0.4, -0.2) is 22.6 Å². The van der Waals surface area contributed by atoms with Gasteiger partial charge in [0.1, 0.15) is 5.69 Å². The number of anilines is 1. The van der Waals surface area contributed by atoms with Crippen molar-refractivity contribution in [3.05, 3.63) is 33.9 Å². The molecule has 5 heteroatoms. The van der Waals surface area contributed by atoms with Crippen LogP contribution in [0, 0.1) is 10.1 Å². The van der Waals surface area contributed by atoms with Gasteiger partial charge in [0, 0.05) is 18.7 Å². The van der Waals surface area contributed by atoms with E-state index in [2.05, 4.69) is 11.8 Å². The number of aliphatic hydroxyl groups is 1. The molecule has 0 saturated carbocycles. The summed E-state index contributed by atoms with van der Waals surface area (Å²) in [5.74, 6) is 0. The molecule has 1 heterocycles. The minimum Gasteiger partial charge on any atom is -0.389 e. The lowest BCUT2D eigenvalue weighted by Crippen LogP contribution is -2.34. The Morgan fingerprint density at radius 2 is 2.19 bits per heavy atom. The van der Waals surface area contributed by atoms with E-state index in [9.17, 15) is 15.2 Å². The number of benzene rings is 1. The minimum absolute atomic E-state index is 0.105. The van der Waals surface area contributed by atoms with E-state index in [0.717, 1.165) is 25.8 Å². The molecule has 0 radical (unpaired) electrons. The second-order valence-corrected chi connectivity index (χ2v) is 5.79. The molecule has 1 aliphatic rings. The normalized spacial score (nSPS) is 20.9. The van der Waals surface area contributed by atoms with Crippen molar-refractivity contribution in [3.8, 4) is 0 Å². The van der Waals surface area contributed by atoms with Crippen LogP contribution < -0.4 is 4.90 Å². The number of nitro benzene ring substituents is 1. The van der Waals surface area contributed by atoms with Gasteiger partial charge in [0.05, 0.1) is 11.0 Å². The molecule has 1 fully saturated rings. The molecule has 1 saturated heterocycles. The molecule has 1 aromatic rings. The molecule has 21 heavy (non-hydrogen) atoms. The fourth-order valence-corrected chi connectivity index (χ4v) is 3.11. The fraction of sp³-hybridized carbons (Fsp3) is 0.625. The maximum atomic E-state index is 11.4. The molecule has 0 spiro atoms. The Morgan fingerprint density at radius 1 is 1.43 bits per heavy atom. The highest BCUT2D eigenvalue weighted by Crippen LogP contribution is 2.35. The largest absolute Gasteiger partial charge is 0.389 e. The molecule has 1 aliphatic heterocycles. The Morgan fingerprint density at radius 3 is 2.81 bits per heavy atom. The molecule has 0 aromatic heterocycles. The molecular formula is C16H24N2O3. The molecular weight excluding hydrogens is 268 g/mol. The van der Waals surface area contributed by atoms with Crippen molar-refractivity contribution in [2.24, 2.45) is 0 Å². The van der Waals surface area contributed by atoms with Gasteiger partial charge in [-0.15, -0.1) is 0 Å². The first-order valence-corrected chi connectivity index (χ1v) is 7.77. The summed E-state index contributed by atoms with van der Waals surface area (Å²) in [6, 6.07) is 5.47. The standard InChI is InChI=1S/C16H24N2O3/c1-3-14-7-5-4-6-10-17(14)15-9-8-13(12(2)19)11-16(15)18(20)21/h8-9,11-12,14,19H,3-7,10H2,1-2H3. The predicted octanol–water partition coefficient (Wildman–Crippen LogP) is 3.81. The molecule has 0 aliphatic carbocycles. The maximum absolute atomic E-state index is 11.4. The van der Waals surface area contributed by atoms with E-state index in [1.807, 2.05) is 0 Å². The zero-order valence-electron chi connectivity index (χ0n) is 12.8. The molecule has 1 aromatic carbocycles. The van der Waals surface area contributed by atoms with E-state index in [1.165, 1.54) is 18.9 Å².